The van der Waals surface area contributed by atoms with Gasteiger partial charge in [-0.25, -0.2) is 0 Å². The summed E-state index contributed by atoms with van der Waals surface area (Å²) in [5.74, 6) is 0. The molecule has 1 atom stereocenters. The molecule has 1 aromatic carbocycles. The van der Waals surface area contributed by atoms with Crippen LogP contribution in [0.25, 0.3) is 6.08 Å². The molecular weight excluding hydrogens is 206 g/mol. The fourth-order valence-corrected chi connectivity index (χ4v) is 2.67. The lowest BCUT2D eigenvalue weighted by Crippen LogP contribution is -2.37. The summed E-state index contributed by atoms with van der Waals surface area (Å²) in [4.78, 5) is 0. The molecule has 0 saturated heterocycles. The second kappa shape index (κ2) is 5.50. The zero-order chi connectivity index (χ0) is 12.1. The Morgan fingerprint density at radius 1 is 1.29 bits per heavy atom. The highest BCUT2D eigenvalue weighted by Crippen LogP contribution is 2.36. The molecule has 1 fully saturated rings. The number of benzene rings is 1. The van der Waals surface area contributed by atoms with Crippen molar-refractivity contribution in [2.75, 3.05) is 6.54 Å². The summed E-state index contributed by atoms with van der Waals surface area (Å²) < 4.78 is 0. The molecule has 0 aliphatic heterocycles. The van der Waals surface area contributed by atoms with Crippen LogP contribution in [0.1, 0.15) is 38.7 Å². The Bertz CT molecular complexity index is 364. The van der Waals surface area contributed by atoms with Crippen LogP contribution in [-0.4, -0.2) is 12.6 Å². The fraction of sp³-hybridized carbons (Fsp3) is 0.500. The fourth-order valence-electron chi connectivity index (χ4n) is 2.67. The van der Waals surface area contributed by atoms with Crippen molar-refractivity contribution in [3.8, 4) is 0 Å². The molecule has 17 heavy (non-hydrogen) atoms. The third kappa shape index (κ3) is 3.44. The van der Waals surface area contributed by atoms with Crippen LogP contribution in [0.4, 0.5) is 0 Å². The number of hydrogen-bond donors (Lipinski definition) is 1. The van der Waals surface area contributed by atoms with E-state index in [1.165, 1.54) is 24.8 Å². The minimum Gasteiger partial charge on any atom is -0.310 e. The third-order valence-corrected chi connectivity index (χ3v) is 3.85. The highest BCUT2D eigenvalue weighted by atomic mass is 14.9. The molecule has 1 aromatic rings. The summed E-state index contributed by atoms with van der Waals surface area (Å²) in [6, 6.07) is 11.2. The maximum absolute atomic E-state index is 3.66. The monoisotopic (exact) mass is 229 g/mol. The van der Waals surface area contributed by atoms with E-state index < -0.39 is 0 Å². The van der Waals surface area contributed by atoms with E-state index in [4.69, 9.17) is 0 Å². The van der Waals surface area contributed by atoms with Gasteiger partial charge in [0.05, 0.1) is 0 Å². The standard InChI is InChI=1S/C16H23N/c1-16(2)12-6-11-15(16)17-13-7-10-14-8-4-3-5-9-14/h3-5,7-10,15,17H,6,11-13H2,1-2H3. The Balaban J connectivity index is 1.78. The normalized spacial score (nSPS) is 23.3. The Kier molecular flexibility index (Phi) is 4.01. The highest BCUT2D eigenvalue weighted by Gasteiger charge is 2.33. The number of hydrogen-bond acceptors (Lipinski definition) is 1. The Labute approximate surface area is 105 Å². The van der Waals surface area contributed by atoms with Gasteiger partial charge in [-0.1, -0.05) is 62.8 Å². The predicted octanol–water partition coefficient (Wildman–Crippen LogP) is 3.87. The van der Waals surface area contributed by atoms with Crippen molar-refractivity contribution in [1.29, 1.82) is 0 Å². The van der Waals surface area contributed by atoms with E-state index in [-0.39, 0.29) is 0 Å². The summed E-state index contributed by atoms with van der Waals surface area (Å²) in [6.45, 7) is 5.72. The van der Waals surface area contributed by atoms with Crippen molar-refractivity contribution in [3.05, 3.63) is 42.0 Å². The lowest BCUT2D eigenvalue weighted by atomic mass is 9.87. The molecule has 0 spiro atoms. The highest BCUT2D eigenvalue weighted by molar-refractivity contribution is 5.48. The van der Waals surface area contributed by atoms with Crippen LogP contribution >= 0.6 is 0 Å². The molecule has 92 valence electrons. The van der Waals surface area contributed by atoms with Crippen molar-refractivity contribution < 1.29 is 0 Å². The molecule has 2 rings (SSSR count). The van der Waals surface area contributed by atoms with Gasteiger partial charge in [-0.05, 0) is 23.8 Å². The largest absolute Gasteiger partial charge is 0.310 e. The minimum atomic E-state index is 0.473. The van der Waals surface area contributed by atoms with Gasteiger partial charge in [0.15, 0.2) is 0 Å². The molecule has 0 radical (unpaired) electrons. The number of rotatable bonds is 4. The van der Waals surface area contributed by atoms with Crippen molar-refractivity contribution >= 4 is 6.08 Å². The second-order valence-electron chi connectivity index (χ2n) is 5.65. The molecule has 1 heteroatoms. The zero-order valence-corrected chi connectivity index (χ0v) is 10.9. The van der Waals surface area contributed by atoms with Crippen molar-refractivity contribution in [2.45, 2.75) is 39.2 Å². The molecule has 1 N–H and O–H groups in total. The maximum atomic E-state index is 3.66. The number of nitrogens with one attached hydrogen (secondary N) is 1. The Morgan fingerprint density at radius 3 is 2.71 bits per heavy atom. The van der Waals surface area contributed by atoms with Crippen LogP contribution in [0.2, 0.25) is 0 Å². The molecule has 0 heterocycles. The molecule has 1 aliphatic rings. The van der Waals surface area contributed by atoms with E-state index in [9.17, 15) is 0 Å². The summed E-state index contributed by atoms with van der Waals surface area (Å²) in [5, 5.41) is 3.66. The third-order valence-electron chi connectivity index (χ3n) is 3.85. The van der Waals surface area contributed by atoms with Crippen LogP contribution in [0, 0.1) is 5.41 Å². The van der Waals surface area contributed by atoms with Gasteiger partial charge in [-0.3, -0.25) is 0 Å². The van der Waals surface area contributed by atoms with Crippen LogP contribution in [0.3, 0.4) is 0 Å². The lowest BCUT2D eigenvalue weighted by Gasteiger charge is -2.27. The summed E-state index contributed by atoms with van der Waals surface area (Å²) in [7, 11) is 0. The molecule has 0 amide bonds. The van der Waals surface area contributed by atoms with E-state index in [2.05, 4.69) is 61.6 Å². The lowest BCUT2D eigenvalue weighted by molar-refractivity contribution is 0.291. The van der Waals surface area contributed by atoms with Gasteiger partial charge < -0.3 is 5.32 Å². The van der Waals surface area contributed by atoms with E-state index >= 15 is 0 Å². The predicted molar refractivity (Wildman–Crippen MR) is 74.9 cm³/mol. The molecule has 1 saturated carbocycles. The van der Waals surface area contributed by atoms with Crippen molar-refractivity contribution in [3.63, 3.8) is 0 Å². The van der Waals surface area contributed by atoms with E-state index in [0.29, 0.717) is 11.5 Å². The van der Waals surface area contributed by atoms with Crippen molar-refractivity contribution in [1.82, 2.24) is 5.32 Å². The van der Waals surface area contributed by atoms with E-state index in [0.717, 1.165) is 6.54 Å². The van der Waals surface area contributed by atoms with Crippen molar-refractivity contribution in [2.24, 2.45) is 5.41 Å². The van der Waals surface area contributed by atoms with Gasteiger partial charge in [-0.2, -0.15) is 0 Å². The average molecular weight is 229 g/mol. The molecule has 1 unspecified atom stereocenters. The first-order chi connectivity index (χ1) is 8.18. The van der Waals surface area contributed by atoms with Crippen LogP contribution in [-0.2, 0) is 0 Å². The van der Waals surface area contributed by atoms with Gasteiger partial charge in [-0.15, -0.1) is 0 Å². The zero-order valence-electron chi connectivity index (χ0n) is 10.9. The smallest absolute Gasteiger partial charge is 0.0140 e. The summed E-state index contributed by atoms with van der Waals surface area (Å²) in [6.07, 6.45) is 8.46. The van der Waals surface area contributed by atoms with Crippen LogP contribution in [0.15, 0.2) is 36.4 Å². The topological polar surface area (TPSA) is 12.0 Å². The summed E-state index contributed by atoms with van der Waals surface area (Å²) in [5.41, 5.74) is 1.75. The molecule has 0 bridgehead atoms. The van der Waals surface area contributed by atoms with E-state index in [1.54, 1.807) is 0 Å². The average Bonchev–Trinajstić information content (AvgIpc) is 2.66. The Morgan fingerprint density at radius 2 is 2.06 bits per heavy atom. The molecular formula is C16H23N. The van der Waals surface area contributed by atoms with E-state index in [1.807, 2.05) is 0 Å². The second-order valence-corrected chi connectivity index (χ2v) is 5.65. The molecule has 1 aliphatic carbocycles. The van der Waals surface area contributed by atoms with Crippen LogP contribution < -0.4 is 5.32 Å². The first kappa shape index (κ1) is 12.4. The van der Waals surface area contributed by atoms with Gasteiger partial charge >= 0.3 is 0 Å². The van der Waals surface area contributed by atoms with Gasteiger partial charge in [0.25, 0.3) is 0 Å². The SMILES string of the molecule is CC1(C)CCCC1NCC=Cc1ccccc1. The molecule has 0 aromatic heterocycles. The first-order valence-electron chi connectivity index (χ1n) is 6.63. The first-order valence-corrected chi connectivity index (χ1v) is 6.63. The Hall–Kier alpha value is -1.08. The molecule has 1 nitrogen and oxygen atoms in total. The van der Waals surface area contributed by atoms with Gasteiger partial charge in [0.1, 0.15) is 0 Å². The minimum absolute atomic E-state index is 0.473. The van der Waals surface area contributed by atoms with Gasteiger partial charge in [0.2, 0.25) is 0 Å². The maximum Gasteiger partial charge on any atom is 0.0140 e. The van der Waals surface area contributed by atoms with Gasteiger partial charge in [0, 0.05) is 12.6 Å². The van der Waals surface area contributed by atoms with Crippen LogP contribution in [0.5, 0.6) is 0 Å². The quantitative estimate of drug-likeness (QED) is 0.826. The summed E-state index contributed by atoms with van der Waals surface area (Å²) >= 11 is 0.